The third kappa shape index (κ3) is 6.98. The zero-order chi connectivity index (χ0) is 41.7. The van der Waals surface area contributed by atoms with Crippen molar-refractivity contribution in [1.29, 1.82) is 0 Å². The van der Waals surface area contributed by atoms with Crippen molar-refractivity contribution in [3.63, 3.8) is 0 Å². The van der Waals surface area contributed by atoms with Crippen LogP contribution in [0.1, 0.15) is 54.1 Å². The minimum atomic E-state index is -0.180. The first-order valence-corrected chi connectivity index (χ1v) is 22.1. The highest BCUT2D eigenvalue weighted by molar-refractivity contribution is 6.09. The fraction of sp³-hybridized carbons (Fsp3) is 0.140. The number of hydrogen-bond donors (Lipinski definition) is 0. The fourth-order valence-electron chi connectivity index (χ4n) is 9.75. The Morgan fingerprint density at radius 1 is 0.587 bits per heavy atom. The molecule has 0 saturated heterocycles. The lowest BCUT2D eigenvalue weighted by Crippen LogP contribution is -2.29. The predicted octanol–water partition coefficient (Wildman–Crippen LogP) is 13.2. The number of aromatic nitrogens is 4. The van der Waals surface area contributed by atoms with E-state index >= 15 is 0 Å². The van der Waals surface area contributed by atoms with Gasteiger partial charge < -0.3 is 4.74 Å². The first-order chi connectivity index (χ1) is 31.2. The third-order valence-electron chi connectivity index (χ3n) is 13.0. The van der Waals surface area contributed by atoms with Gasteiger partial charge in [0.15, 0.2) is 17.5 Å². The first-order valence-electron chi connectivity index (χ1n) is 22.1. The maximum absolute atomic E-state index is 7.02. The summed E-state index contributed by atoms with van der Waals surface area (Å²) < 4.78 is 7.02. The van der Waals surface area contributed by atoms with E-state index in [-0.39, 0.29) is 17.9 Å². The van der Waals surface area contributed by atoms with Crippen LogP contribution in [0.4, 0.5) is 5.69 Å². The smallest absolute Gasteiger partial charge is 0.164 e. The Morgan fingerprint density at radius 3 is 2.13 bits per heavy atom. The molecule has 5 aromatic carbocycles. The lowest BCUT2D eigenvalue weighted by Gasteiger charge is -2.30. The lowest BCUT2D eigenvalue weighted by molar-refractivity contribution is 0.168. The summed E-state index contributed by atoms with van der Waals surface area (Å²) in [4.78, 5) is 26.0. The van der Waals surface area contributed by atoms with Crippen LogP contribution in [0.3, 0.4) is 0 Å². The van der Waals surface area contributed by atoms with Crippen molar-refractivity contribution in [2.45, 2.75) is 44.1 Å². The second kappa shape index (κ2) is 15.7. The summed E-state index contributed by atoms with van der Waals surface area (Å²) in [5.41, 5.74) is 15.2. The number of rotatable bonds is 7. The molecule has 2 aromatic heterocycles. The zero-order valence-corrected chi connectivity index (χ0v) is 34.7. The predicted molar refractivity (Wildman–Crippen MR) is 254 cm³/mol. The third-order valence-corrected chi connectivity index (χ3v) is 13.0. The number of hydrogen-bond acceptors (Lipinski definition) is 6. The number of aryl methyl sites for hydroxylation is 1. The summed E-state index contributed by atoms with van der Waals surface area (Å²) in [6.07, 6.45) is 20.3. The van der Waals surface area contributed by atoms with E-state index in [1.165, 1.54) is 16.7 Å². The molecule has 63 heavy (non-hydrogen) atoms. The van der Waals surface area contributed by atoms with Gasteiger partial charge in [-0.2, -0.15) is 0 Å². The van der Waals surface area contributed by atoms with E-state index < -0.39 is 0 Å². The monoisotopic (exact) mass is 813 g/mol. The van der Waals surface area contributed by atoms with Gasteiger partial charge in [-0.05, 0) is 84.2 Å². The second-order valence-electron chi connectivity index (χ2n) is 16.9. The maximum Gasteiger partial charge on any atom is 0.164 e. The topological polar surface area (TPSA) is 73.2 Å². The van der Waals surface area contributed by atoms with Crippen LogP contribution in [0.25, 0.3) is 56.1 Å². The van der Waals surface area contributed by atoms with Crippen LogP contribution < -0.4 is 0 Å². The largest absolute Gasteiger partial charge is 0.485 e. The summed E-state index contributed by atoms with van der Waals surface area (Å²) in [7, 11) is 0. The van der Waals surface area contributed by atoms with Gasteiger partial charge in [-0.1, -0.05) is 158 Å². The molecule has 0 spiro atoms. The lowest BCUT2D eigenvalue weighted by atomic mass is 9.75. The molecule has 12 rings (SSSR count). The number of fused-ring (bicyclic) bond motifs is 5. The normalized spacial score (nSPS) is 19.9. The molecule has 5 aliphatic rings. The van der Waals surface area contributed by atoms with Crippen LogP contribution in [-0.2, 0) is 11.2 Å². The maximum atomic E-state index is 7.02. The van der Waals surface area contributed by atoms with E-state index in [0.29, 0.717) is 17.5 Å². The molecule has 3 atom stereocenters. The highest BCUT2D eigenvalue weighted by Crippen LogP contribution is 2.49. The summed E-state index contributed by atoms with van der Waals surface area (Å²) >= 11 is 0. The minimum absolute atomic E-state index is 0.0488. The van der Waals surface area contributed by atoms with E-state index in [2.05, 4.69) is 158 Å². The standard InChI is InChI=1S/C57H43N5O/c1-5-14-36(15-6-1)43-28-31-51-46(33-43)47-34-45(42-22-13-23-44(32-42)57-61-55(40-18-9-3-10-19-40)60-56(62-57)41-20-11-4-12-21-41)35-48(54(47)63-51)50-30-27-39-25-24-38-26-29-49(37-16-7-2-8-17-37)58-52(38)53(39)59-50/h1-3,5-11,13-26,28-29,31-32,34-35,43,47,54H,4,12,27,30,33H2. The fourth-order valence-corrected chi connectivity index (χ4v) is 9.75. The SMILES string of the molecule is C1=CC(c2nc(-c3ccccc3)nc(-c3cccc(C4=CC5C6=C(C=CC(c7ccccc7)C6)OC5C(C5=Nc6c(ccc7ccc(-c8ccccc8)nc67)CC5)=C4)c3)n2)=CCC1. The number of aliphatic imine (C=N–C) groups is 1. The van der Waals surface area contributed by atoms with Gasteiger partial charge in [0.05, 0.1) is 16.9 Å². The van der Waals surface area contributed by atoms with E-state index in [4.69, 9.17) is 29.7 Å². The molecule has 0 bridgehead atoms. The summed E-state index contributed by atoms with van der Waals surface area (Å²) in [6.45, 7) is 0. The van der Waals surface area contributed by atoms with Crippen molar-refractivity contribution >= 4 is 33.4 Å². The highest BCUT2D eigenvalue weighted by atomic mass is 16.5. The quantitative estimate of drug-likeness (QED) is 0.160. The van der Waals surface area contributed by atoms with Crippen molar-refractivity contribution in [2.75, 3.05) is 0 Å². The highest BCUT2D eigenvalue weighted by Gasteiger charge is 2.42. The van der Waals surface area contributed by atoms with Crippen LogP contribution >= 0.6 is 0 Å². The average molecular weight is 814 g/mol. The number of benzene rings is 5. The van der Waals surface area contributed by atoms with Gasteiger partial charge in [-0.25, -0.2) is 19.9 Å². The van der Waals surface area contributed by atoms with Crippen LogP contribution in [0.2, 0.25) is 0 Å². The van der Waals surface area contributed by atoms with Gasteiger partial charge >= 0.3 is 0 Å². The molecule has 2 aliphatic heterocycles. The molecule has 0 amide bonds. The van der Waals surface area contributed by atoms with Gasteiger partial charge in [0.2, 0.25) is 0 Å². The number of ether oxygens (including phenoxy) is 1. The van der Waals surface area contributed by atoms with E-state index in [1.807, 2.05) is 24.3 Å². The Hall–Kier alpha value is -7.57. The Labute approximate surface area is 367 Å². The number of pyridine rings is 1. The van der Waals surface area contributed by atoms with Crippen LogP contribution in [0, 0.1) is 5.92 Å². The average Bonchev–Trinajstić information content (AvgIpc) is 3.74. The van der Waals surface area contributed by atoms with Gasteiger partial charge in [-0.3, -0.25) is 4.99 Å². The molecular formula is C57H43N5O. The molecule has 0 radical (unpaired) electrons. The van der Waals surface area contributed by atoms with Gasteiger partial charge in [-0.15, -0.1) is 0 Å². The molecule has 6 nitrogen and oxygen atoms in total. The first kappa shape index (κ1) is 37.2. The summed E-state index contributed by atoms with van der Waals surface area (Å²) in [5.74, 6) is 3.33. The summed E-state index contributed by atoms with van der Waals surface area (Å²) in [5, 5.41) is 1.09. The minimum Gasteiger partial charge on any atom is -0.485 e. The molecule has 302 valence electrons. The van der Waals surface area contributed by atoms with E-state index in [0.717, 1.165) is 105 Å². The van der Waals surface area contributed by atoms with Crippen molar-refractivity contribution < 1.29 is 4.74 Å². The molecule has 6 heteroatoms. The van der Waals surface area contributed by atoms with Gasteiger partial charge in [0, 0.05) is 50.8 Å². The van der Waals surface area contributed by atoms with Crippen molar-refractivity contribution in [2.24, 2.45) is 10.9 Å². The molecule has 0 fully saturated rings. The Morgan fingerprint density at radius 2 is 1.32 bits per heavy atom. The molecule has 3 aliphatic carbocycles. The molecule has 3 unspecified atom stereocenters. The molecule has 0 saturated carbocycles. The zero-order valence-electron chi connectivity index (χ0n) is 34.7. The Kier molecular flexibility index (Phi) is 9.28. The van der Waals surface area contributed by atoms with Gasteiger partial charge in [0.25, 0.3) is 0 Å². The number of allylic oxidation sites excluding steroid dienone is 8. The second-order valence-corrected chi connectivity index (χ2v) is 16.9. The molecule has 0 N–H and O–H groups in total. The molecular weight excluding hydrogens is 771 g/mol. The van der Waals surface area contributed by atoms with Crippen molar-refractivity contribution in [3.8, 4) is 34.0 Å². The molecule has 7 aromatic rings. The molecule has 4 heterocycles. The Balaban J connectivity index is 0.976. The summed E-state index contributed by atoms with van der Waals surface area (Å²) in [6, 6.07) is 48.8. The number of nitrogens with zero attached hydrogens (tertiary/aromatic N) is 5. The van der Waals surface area contributed by atoms with Crippen LogP contribution in [0.15, 0.2) is 204 Å². The van der Waals surface area contributed by atoms with E-state index in [1.54, 1.807) is 0 Å². The van der Waals surface area contributed by atoms with Gasteiger partial charge in [0.1, 0.15) is 11.9 Å². The van der Waals surface area contributed by atoms with Crippen molar-refractivity contribution in [3.05, 3.63) is 221 Å². The van der Waals surface area contributed by atoms with Crippen molar-refractivity contribution in [1.82, 2.24) is 19.9 Å². The van der Waals surface area contributed by atoms with Crippen LogP contribution in [0.5, 0.6) is 0 Å². The van der Waals surface area contributed by atoms with E-state index in [9.17, 15) is 0 Å². The van der Waals surface area contributed by atoms with Crippen LogP contribution in [-0.4, -0.2) is 31.8 Å². The Bertz CT molecular complexity index is 3170.